The monoisotopic (exact) mass is 157 g/mol. The lowest BCUT2D eigenvalue weighted by molar-refractivity contribution is 0.229. The summed E-state index contributed by atoms with van der Waals surface area (Å²) in [4.78, 5) is 2.36. The minimum absolute atomic E-state index is 0. The first kappa shape index (κ1) is 10.5. The summed E-state index contributed by atoms with van der Waals surface area (Å²) >= 11 is 0. The van der Waals surface area contributed by atoms with Crippen molar-refractivity contribution in [3.05, 3.63) is 0 Å². The van der Waals surface area contributed by atoms with E-state index in [-0.39, 0.29) is 17.4 Å². The van der Waals surface area contributed by atoms with Gasteiger partial charge in [0, 0.05) is 6.04 Å². The van der Waals surface area contributed by atoms with Gasteiger partial charge in [0.15, 0.2) is 17.4 Å². The first-order valence-electron chi connectivity index (χ1n) is 3.97. The Bertz CT molecular complexity index is 77.3. The SMILES string of the molecule is CN(C)C1CCCCC1.[AlH3]. The number of hydrogen-bond donors (Lipinski definition) is 0. The van der Waals surface area contributed by atoms with Gasteiger partial charge in [0.25, 0.3) is 0 Å². The molecule has 1 nitrogen and oxygen atoms in total. The van der Waals surface area contributed by atoms with E-state index >= 15 is 0 Å². The molecule has 0 aliphatic heterocycles. The highest BCUT2D eigenvalue weighted by atomic mass is 27.0. The second-order valence-corrected chi connectivity index (χ2v) is 3.26. The Labute approximate surface area is 74.9 Å². The van der Waals surface area contributed by atoms with Crippen LogP contribution in [0.15, 0.2) is 0 Å². The van der Waals surface area contributed by atoms with Crippen molar-refractivity contribution in [1.29, 1.82) is 0 Å². The molecule has 0 amide bonds. The predicted molar refractivity (Wildman–Crippen MR) is 50.5 cm³/mol. The molecule has 2 heteroatoms. The standard InChI is InChI=1S/C8H17N.Al.3H/c1-9(2)8-6-4-3-5-7-8;;;;/h8H,3-7H2,1-2H3;;;;. The summed E-state index contributed by atoms with van der Waals surface area (Å²) in [5.41, 5.74) is 0. The first-order valence-corrected chi connectivity index (χ1v) is 3.97. The van der Waals surface area contributed by atoms with Crippen molar-refractivity contribution in [1.82, 2.24) is 4.90 Å². The summed E-state index contributed by atoms with van der Waals surface area (Å²) in [5, 5.41) is 0. The molecule has 1 aliphatic carbocycles. The molecule has 1 aliphatic rings. The van der Waals surface area contributed by atoms with Gasteiger partial charge in [0.05, 0.1) is 0 Å². The van der Waals surface area contributed by atoms with Gasteiger partial charge in [-0.15, -0.1) is 0 Å². The van der Waals surface area contributed by atoms with Crippen LogP contribution in [0, 0.1) is 0 Å². The zero-order valence-electron chi connectivity index (χ0n) is 6.56. The summed E-state index contributed by atoms with van der Waals surface area (Å²) < 4.78 is 0. The molecule has 0 heterocycles. The first-order chi connectivity index (χ1) is 4.30. The van der Waals surface area contributed by atoms with Gasteiger partial charge in [-0.05, 0) is 26.9 Å². The average molecular weight is 157 g/mol. The van der Waals surface area contributed by atoms with Gasteiger partial charge in [0.2, 0.25) is 0 Å². The van der Waals surface area contributed by atoms with Crippen molar-refractivity contribution in [2.45, 2.75) is 38.1 Å². The van der Waals surface area contributed by atoms with Crippen LogP contribution in [0.5, 0.6) is 0 Å². The molecule has 0 aromatic rings. The molecule has 1 rings (SSSR count). The minimum Gasteiger partial charge on any atom is -0.306 e. The van der Waals surface area contributed by atoms with Crippen molar-refractivity contribution in [3.63, 3.8) is 0 Å². The Morgan fingerprint density at radius 2 is 1.50 bits per heavy atom. The molecule has 0 atom stereocenters. The van der Waals surface area contributed by atoms with Crippen LogP contribution >= 0.6 is 0 Å². The molecule has 0 aromatic heterocycles. The van der Waals surface area contributed by atoms with Gasteiger partial charge in [0.1, 0.15) is 0 Å². The summed E-state index contributed by atoms with van der Waals surface area (Å²) in [6.07, 6.45) is 7.20. The third-order valence-electron chi connectivity index (χ3n) is 2.30. The van der Waals surface area contributed by atoms with Crippen molar-refractivity contribution < 1.29 is 0 Å². The highest BCUT2D eigenvalue weighted by molar-refractivity contribution is 5.75. The third-order valence-corrected chi connectivity index (χ3v) is 2.30. The van der Waals surface area contributed by atoms with Crippen molar-refractivity contribution in [3.8, 4) is 0 Å². The van der Waals surface area contributed by atoms with Crippen LogP contribution in [0.2, 0.25) is 0 Å². The molecule has 0 radical (unpaired) electrons. The molecule has 0 unspecified atom stereocenters. The van der Waals surface area contributed by atoms with E-state index in [0.717, 1.165) is 6.04 Å². The quantitative estimate of drug-likeness (QED) is 0.506. The fourth-order valence-corrected chi connectivity index (χ4v) is 1.60. The third kappa shape index (κ3) is 3.05. The molecule has 0 spiro atoms. The normalized spacial score (nSPS) is 20.7. The number of hydrogen-bond acceptors (Lipinski definition) is 1. The van der Waals surface area contributed by atoms with E-state index in [9.17, 15) is 0 Å². The van der Waals surface area contributed by atoms with Crippen LogP contribution in [-0.2, 0) is 0 Å². The largest absolute Gasteiger partial charge is 0.306 e. The Kier molecular flexibility index (Phi) is 5.44. The zero-order chi connectivity index (χ0) is 6.69. The molecule has 0 bridgehead atoms. The van der Waals surface area contributed by atoms with Crippen LogP contribution in [0.3, 0.4) is 0 Å². The van der Waals surface area contributed by atoms with Gasteiger partial charge >= 0.3 is 0 Å². The minimum atomic E-state index is 0. The maximum absolute atomic E-state index is 2.36. The Balaban J connectivity index is 0.000000810. The molecular formula is C8H20AlN. The van der Waals surface area contributed by atoms with E-state index < -0.39 is 0 Å². The van der Waals surface area contributed by atoms with Crippen molar-refractivity contribution in [2.24, 2.45) is 0 Å². The van der Waals surface area contributed by atoms with Gasteiger partial charge in [-0.3, -0.25) is 0 Å². The second-order valence-electron chi connectivity index (χ2n) is 3.26. The van der Waals surface area contributed by atoms with Gasteiger partial charge < -0.3 is 4.90 Å². The van der Waals surface area contributed by atoms with Gasteiger partial charge in [-0.25, -0.2) is 0 Å². The molecule has 0 saturated heterocycles. The van der Waals surface area contributed by atoms with Crippen LogP contribution in [0.1, 0.15) is 32.1 Å². The zero-order valence-corrected chi connectivity index (χ0v) is 6.56. The maximum atomic E-state index is 2.36. The van der Waals surface area contributed by atoms with Crippen LogP contribution < -0.4 is 0 Å². The fraction of sp³-hybridized carbons (Fsp3) is 1.00. The summed E-state index contributed by atoms with van der Waals surface area (Å²) in [7, 11) is 4.38. The lowest BCUT2D eigenvalue weighted by atomic mass is 9.95. The van der Waals surface area contributed by atoms with Gasteiger partial charge in [-0.1, -0.05) is 19.3 Å². The molecular weight excluding hydrogens is 137 g/mol. The Hall–Kier alpha value is 0.492. The fourth-order valence-electron chi connectivity index (χ4n) is 1.60. The average Bonchev–Trinajstić information content (AvgIpc) is 1.90. The van der Waals surface area contributed by atoms with E-state index in [1.165, 1.54) is 32.1 Å². The molecule has 0 N–H and O–H groups in total. The van der Waals surface area contributed by atoms with E-state index in [2.05, 4.69) is 19.0 Å². The lowest BCUT2D eigenvalue weighted by Crippen LogP contribution is -2.29. The predicted octanol–water partition coefficient (Wildman–Crippen LogP) is 0.697. The van der Waals surface area contributed by atoms with E-state index in [1.807, 2.05) is 0 Å². The summed E-state index contributed by atoms with van der Waals surface area (Å²) in [6, 6.07) is 0.888. The summed E-state index contributed by atoms with van der Waals surface area (Å²) in [6.45, 7) is 0. The van der Waals surface area contributed by atoms with Gasteiger partial charge in [-0.2, -0.15) is 0 Å². The maximum Gasteiger partial charge on any atom is 0.187 e. The van der Waals surface area contributed by atoms with Crippen LogP contribution in [0.4, 0.5) is 0 Å². The molecule has 0 aromatic carbocycles. The van der Waals surface area contributed by atoms with E-state index in [1.54, 1.807) is 0 Å². The number of rotatable bonds is 1. The summed E-state index contributed by atoms with van der Waals surface area (Å²) in [5.74, 6) is 0. The molecule has 10 heavy (non-hydrogen) atoms. The molecule has 1 saturated carbocycles. The molecule has 1 fully saturated rings. The van der Waals surface area contributed by atoms with Crippen LogP contribution in [-0.4, -0.2) is 42.4 Å². The molecule has 60 valence electrons. The van der Waals surface area contributed by atoms with E-state index in [0.29, 0.717) is 0 Å². The lowest BCUT2D eigenvalue weighted by Gasteiger charge is -2.27. The van der Waals surface area contributed by atoms with Crippen molar-refractivity contribution >= 4 is 17.4 Å². The second kappa shape index (κ2) is 5.18. The highest BCUT2D eigenvalue weighted by Gasteiger charge is 2.13. The number of nitrogens with zero attached hydrogens (tertiary/aromatic N) is 1. The smallest absolute Gasteiger partial charge is 0.187 e. The van der Waals surface area contributed by atoms with Crippen LogP contribution in [0.25, 0.3) is 0 Å². The Morgan fingerprint density at radius 3 is 1.80 bits per heavy atom. The van der Waals surface area contributed by atoms with E-state index in [4.69, 9.17) is 0 Å². The van der Waals surface area contributed by atoms with Crippen molar-refractivity contribution in [2.75, 3.05) is 14.1 Å². The Morgan fingerprint density at radius 1 is 1.00 bits per heavy atom. The highest BCUT2D eigenvalue weighted by Crippen LogP contribution is 2.20. The topological polar surface area (TPSA) is 3.24 Å².